The lowest BCUT2D eigenvalue weighted by molar-refractivity contribution is -0.134. The van der Waals surface area contributed by atoms with Gasteiger partial charge in [0.15, 0.2) is 5.13 Å². The maximum absolute atomic E-state index is 12.6. The van der Waals surface area contributed by atoms with Crippen molar-refractivity contribution in [3.05, 3.63) is 11.1 Å². The molecule has 3 N–H and O–H groups in total. The normalized spacial score (nSPS) is 15.3. The van der Waals surface area contributed by atoms with Crippen LogP contribution < -0.4 is 10.6 Å². The van der Waals surface area contributed by atoms with Crippen LogP contribution in [0, 0.1) is 11.3 Å². The number of hydrogen-bond acceptors (Lipinski definition) is 5. The Morgan fingerprint density at radius 2 is 1.85 bits per heavy atom. The van der Waals surface area contributed by atoms with Crippen LogP contribution in [-0.2, 0) is 9.59 Å². The molecule has 0 aliphatic heterocycles. The van der Waals surface area contributed by atoms with Crippen LogP contribution in [0.5, 0.6) is 0 Å². The highest BCUT2D eigenvalue weighted by Crippen LogP contribution is 2.34. The lowest BCUT2D eigenvalue weighted by atomic mass is 9.85. The number of carbonyl (C=O) groups is 2. The van der Waals surface area contributed by atoms with Crippen molar-refractivity contribution in [3.8, 4) is 0 Å². The molecule has 1 unspecified atom stereocenters. The Balaban J connectivity index is 2.75. The third-order valence-electron chi connectivity index (χ3n) is 4.27. The summed E-state index contributed by atoms with van der Waals surface area (Å²) in [6.07, 6.45) is 2.96. The predicted octanol–water partition coefficient (Wildman–Crippen LogP) is 3.92. The van der Waals surface area contributed by atoms with Gasteiger partial charge in [0, 0.05) is 11.1 Å². The predicted molar refractivity (Wildman–Crippen MR) is 111 cm³/mol. The fraction of sp³-hybridized carbons (Fsp3) is 0.750. The third kappa shape index (κ3) is 7.97. The molecule has 0 saturated carbocycles. The van der Waals surface area contributed by atoms with E-state index in [2.05, 4.69) is 43.3 Å². The number of aliphatic hydroxyl groups excluding tert-OH is 1. The second-order valence-electron chi connectivity index (χ2n) is 8.76. The minimum atomic E-state index is -1.12. The summed E-state index contributed by atoms with van der Waals surface area (Å²) < 4.78 is 0. The van der Waals surface area contributed by atoms with Crippen LogP contribution in [0.15, 0.2) is 6.20 Å². The van der Waals surface area contributed by atoms with Crippen molar-refractivity contribution >= 4 is 28.3 Å². The minimum absolute atomic E-state index is 0.207. The summed E-state index contributed by atoms with van der Waals surface area (Å²) in [7, 11) is 0. The van der Waals surface area contributed by atoms with Crippen molar-refractivity contribution < 1.29 is 14.7 Å². The molecule has 0 aliphatic rings. The smallest absolute Gasteiger partial charge is 0.249 e. The number of hydrogen-bond donors (Lipinski definition) is 3. The summed E-state index contributed by atoms with van der Waals surface area (Å²) in [5.74, 6) is -0.663. The minimum Gasteiger partial charge on any atom is -0.383 e. The molecule has 0 aromatic carbocycles. The molecule has 27 heavy (non-hydrogen) atoms. The van der Waals surface area contributed by atoms with Gasteiger partial charge < -0.3 is 15.7 Å². The zero-order valence-corrected chi connectivity index (χ0v) is 18.4. The molecule has 1 heterocycles. The molecule has 1 aromatic heterocycles. The van der Waals surface area contributed by atoms with E-state index in [4.69, 9.17) is 0 Å². The zero-order valence-electron chi connectivity index (χ0n) is 17.6. The lowest BCUT2D eigenvalue weighted by Crippen LogP contribution is -2.48. The molecule has 1 aromatic rings. The maximum atomic E-state index is 12.6. The van der Waals surface area contributed by atoms with Gasteiger partial charge in [0.2, 0.25) is 11.8 Å². The highest BCUT2D eigenvalue weighted by Gasteiger charge is 2.26. The molecular weight excluding hydrogens is 362 g/mol. The average molecular weight is 398 g/mol. The van der Waals surface area contributed by atoms with Gasteiger partial charge in [0.1, 0.15) is 12.1 Å². The number of rotatable bonds is 9. The first-order valence-corrected chi connectivity index (χ1v) is 10.5. The van der Waals surface area contributed by atoms with Crippen LogP contribution in [-0.4, -0.2) is 34.1 Å². The second kappa shape index (κ2) is 10.2. The van der Waals surface area contributed by atoms with Crippen LogP contribution in [0.4, 0.5) is 5.13 Å². The van der Waals surface area contributed by atoms with Crippen LogP contribution in [0.3, 0.4) is 0 Å². The van der Waals surface area contributed by atoms with Gasteiger partial charge in [-0.05, 0) is 30.1 Å². The molecule has 7 heteroatoms. The van der Waals surface area contributed by atoms with Gasteiger partial charge >= 0.3 is 0 Å². The highest BCUT2D eigenvalue weighted by atomic mass is 32.1. The number of aliphatic hydroxyl groups is 1. The number of thiazole rings is 1. The maximum Gasteiger partial charge on any atom is 0.249 e. The SMILES string of the molecule is CCC[C@H](NC(=O)[C@@H](O)C(C)C)C(=O)Nc1ncc(C(C)CC(C)(C)C)s1. The Hall–Kier alpha value is -1.47. The van der Waals surface area contributed by atoms with Crippen molar-refractivity contribution in [3.63, 3.8) is 0 Å². The first kappa shape index (κ1) is 23.6. The standard InChI is InChI=1S/C20H35N3O3S/c1-8-9-14(22-18(26)16(24)12(2)3)17(25)23-19-21-11-15(27-19)13(4)10-20(5,6)7/h11-14,16,24H,8-10H2,1-7H3,(H,22,26)(H,21,23,25)/t13?,14-,16-/m0/s1. The Morgan fingerprint density at radius 3 is 2.37 bits per heavy atom. The van der Waals surface area contributed by atoms with Crippen molar-refractivity contribution in [2.75, 3.05) is 5.32 Å². The monoisotopic (exact) mass is 397 g/mol. The van der Waals surface area contributed by atoms with E-state index in [0.29, 0.717) is 17.5 Å². The molecule has 0 aliphatic carbocycles. The molecule has 0 radical (unpaired) electrons. The van der Waals surface area contributed by atoms with Gasteiger partial charge in [-0.2, -0.15) is 0 Å². The molecule has 0 spiro atoms. The summed E-state index contributed by atoms with van der Waals surface area (Å²) in [6, 6.07) is -0.685. The average Bonchev–Trinajstić information content (AvgIpc) is 3.00. The van der Waals surface area contributed by atoms with Crippen molar-refractivity contribution in [2.45, 2.75) is 85.8 Å². The molecule has 0 bridgehead atoms. The topological polar surface area (TPSA) is 91.3 Å². The Morgan fingerprint density at radius 1 is 1.22 bits per heavy atom. The van der Waals surface area contributed by atoms with Gasteiger partial charge in [0.05, 0.1) is 0 Å². The second-order valence-corrected chi connectivity index (χ2v) is 9.82. The Labute approximate surface area is 167 Å². The quantitative estimate of drug-likeness (QED) is 0.589. The van der Waals surface area contributed by atoms with E-state index < -0.39 is 18.1 Å². The van der Waals surface area contributed by atoms with Gasteiger partial charge in [-0.1, -0.05) is 54.9 Å². The van der Waals surface area contributed by atoms with Gasteiger partial charge in [-0.25, -0.2) is 4.98 Å². The number of carbonyl (C=O) groups excluding carboxylic acids is 2. The van der Waals surface area contributed by atoms with E-state index in [1.165, 1.54) is 11.3 Å². The van der Waals surface area contributed by atoms with Crippen LogP contribution >= 0.6 is 11.3 Å². The zero-order chi connectivity index (χ0) is 20.8. The summed E-state index contributed by atoms with van der Waals surface area (Å²) >= 11 is 1.47. The molecular formula is C20H35N3O3S. The van der Waals surface area contributed by atoms with Crippen molar-refractivity contribution in [1.29, 1.82) is 0 Å². The van der Waals surface area contributed by atoms with Crippen molar-refractivity contribution in [1.82, 2.24) is 10.3 Å². The first-order chi connectivity index (χ1) is 12.4. The fourth-order valence-electron chi connectivity index (χ4n) is 2.90. The molecule has 0 fully saturated rings. The molecule has 1 rings (SSSR count). The number of anilines is 1. The van der Waals surface area contributed by atoms with E-state index in [1.807, 2.05) is 13.1 Å². The van der Waals surface area contributed by atoms with E-state index in [1.54, 1.807) is 13.8 Å². The van der Waals surface area contributed by atoms with Crippen molar-refractivity contribution in [2.24, 2.45) is 11.3 Å². The lowest BCUT2D eigenvalue weighted by Gasteiger charge is -2.22. The fourth-order valence-corrected chi connectivity index (χ4v) is 3.77. The molecule has 2 amide bonds. The van der Waals surface area contributed by atoms with E-state index in [9.17, 15) is 14.7 Å². The first-order valence-electron chi connectivity index (χ1n) is 9.69. The van der Waals surface area contributed by atoms with E-state index in [0.717, 1.165) is 17.7 Å². The number of amides is 2. The largest absolute Gasteiger partial charge is 0.383 e. The molecule has 154 valence electrons. The van der Waals surface area contributed by atoms with Crippen LogP contribution in [0.2, 0.25) is 0 Å². The van der Waals surface area contributed by atoms with E-state index in [-0.39, 0.29) is 17.2 Å². The number of nitrogens with one attached hydrogen (secondary N) is 2. The van der Waals surface area contributed by atoms with Crippen LogP contribution in [0.25, 0.3) is 0 Å². The van der Waals surface area contributed by atoms with Gasteiger partial charge in [0.25, 0.3) is 0 Å². The molecule has 3 atom stereocenters. The Bertz CT molecular complexity index is 622. The summed E-state index contributed by atoms with van der Waals surface area (Å²) in [6.45, 7) is 14.2. The van der Waals surface area contributed by atoms with Gasteiger partial charge in [-0.15, -0.1) is 11.3 Å². The highest BCUT2D eigenvalue weighted by molar-refractivity contribution is 7.15. The Kier molecular flexibility index (Phi) is 8.88. The summed E-state index contributed by atoms with van der Waals surface area (Å²) in [5.41, 5.74) is 0.223. The number of nitrogens with zero attached hydrogens (tertiary/aromatic N) is 1. The molecule has 6 nitrogen and oxygen atoms in total. The third-order valence-corrected chi connectivity index (χ3v) is 5.41. The van der Waals surface area contributed by atoms with Crippen LogP contribution in [0.1, 0.15) is 78.5 Å². The van der Waals surface area contributed by atoms with Gasteiger partial charge in [-0.3, -0.25) is 9.59 Å². The van der Waals surface area contributed by atoms with E-state index >= 15 is 0 Å². The number of aromatic nitrogens is 1. The summed E-state index contributed by atoms with van der Waals surface area (Å²) in [5, 5.41) is 15.9. The summed E-state index contributed by atoms with van der Waals surface area (Å²) in [4.78, 5) is 30.1. The molecule has 0 saturated heterocycles.